The first-order valence-electron chi connectivity index (χ1n) is 10.3. The summed E-state index contributed by atoms with van der Waals surface area (Å²) in [6.07, 6.45) is 1.52. The Hall–Kier alpha value is -3.75. The number of nitrogens with one attached hydrogen (secondary N) is 1. The van der Waals surface area contributed by atoms with Crippen molar-refractivity contribution in [2.75, 3.05) is 5.32 Å². The van der Waals surface area contributed by atoms with Gasteiger partial charge in [-0.2, -0.15) is 0 Å². The van der Waals surface area contributed by atoms with Crippen LogP contribution in [0.1, 0.15) is 32.0 Å². The van der Waals surface area contributed by atoms with Crippen molar-refractivity contribution in [1.82, 2.24) is 4.98 Å². The summed E-state index contributed by atoms with van der Waals surface area (Å²) in [6, 6.07) is 18.1. The normalized spacial score (nSPS) is 10.7. The molecule has 4 aromatic rings. The van der Waals surface area contributed by atoms with E-state index in [0.717, 1.165) is 29.5 Å². The first kappa shape index (κ1) is 24.4. The highest BCUT2D eigenvalue weighted by molar-refractivity contribution is 7.99. The molecule has 1 heterocycles. The van der Waals surface area contributed by atoms with Crippen molar-refractivity contribution in [3.8, 4) is 0 Å². The van der Waals surface area contributed by atoms with Crippen LogP contribution in [0.4, 0.5) is 14.5 Å². The molecule has 0 saturated heterocycles. The lowest BCUT2D eigenvalue weighted by atomic mass is 10.0. The summed E-state index contributed by atoms with van der Waals surface area (Å²) in [5, 5.41) is 13.5. The van der Waals surface area contributed by atoms with Gasteiger partial charge >= 0.3 is 5.97 Å². The Balaban J connectivity index is 1.49. The van der Waals surface area contributed by atoms with Crippen LogP contribution in [-0.4, -0.2) is 21.8 Å². The standard InChI is InChI=1S/C26H17ClF2N2O3S/c27-17-4-1-15(2-5-17)13-30-18-6-9-23(31-14-18)25(32)16-3-10-24(20(11-16)26(33)34)35-19-7-8-21(28)22(29)12-19/h1-12,14,30H,13H2,(H,33,34). The first-order chi connectivity index (χ1) is 16.8. The van der Waals surface area contributed by atoms with Crippen molar-refractivity contribution < 1.29 is 23.5 Å². The third-order valence-corrected chi connectivity index (χ3v) is 6.31. The average Bonchev–Trinajstić information content (AvgIpc) is 2.86. The molecular formula is C26H17ClF2N2O3S. The number of ketones is 1. The molecule has 0 spiro atoms. The fraction of sp³-hybridized carbons (Fsp3) is 0.0385. The van der Waals surface area contributed by atoms with E-state index >= 15 is 0 Å². The molecule has 4 rings (SSSR count). The molecule has 2 N–H and O–H groups in total. The van der Waals surface area contributed by atoms with Crippen LogP contribution < -0.4 is 5.32 Å². The number of rotatable bonds is 8. The Morgan fingerprint density at radius 3 is 2.37 bits per heavy atom. The van der Waals surface area contributed by atoms with Gasteiger partial charge in [-0.3, -0.25) is 9.78 Å². The maximum Gasteiger partial charge on any atom is 0.336 e. The molecule has 0 aliphatic heterocycles. The van der Waals surface area contributed by atoms with Crippen LogP contribution in [-0.2, 0) is 6.54 Å². The third-order valence-electron chi connectivity index (χ3n) is 5.00. The molecule has 0 aliphatic rings. The predicted octanol–water partition coefficient (Wildman–Crippen LogP) is 6.71. The van der Waals surface area contributed by atoms with Crippen LogP contribution in [0.5, 0.6) is 0 Å². The van der Waals surface area contributed by atoms with Crippen molar-refractivity contribution in [2.45, 2.75) is 16.3 Å². The van der Waals surface area contributed by atoms with Gasteiger partial charge in [-0.15, -0.1) is 0 Å². The van der Waals surface area contributed by atoms with Gasteiger partial charge in [-0.05, 0) is 66.2 Å². The molecule has 35 heavy (non-hydrogen) atoms. The van der Waals surface area contributed by atoms with Crippen LogP contribution in [0, 0.1) is 11.6 Å². The molecular weight excluding hydrogens is 494 g/mol. The van der Waals surface area contributed by atoms with Gasteiger partial charge in [0.15, 0.2) is 11.6 Å². The smallest absolute Gasteiger partial charge is 0.336 e. The number of carbonyl (C=O) groups excluding carboxylic acids is 1. The highest BCUT2D eigenvalue weighted by Gasteiger charge is 2.18. The Morgan fingerprint density at radius 2 is 1.71 bits per heavy atom. The van der Waals surface area contributed by atoms with Crippen LogP contribution >= 0.6 is 23.4 Å². The van der Waals surface area contributed by atoms with Crippen molar-refractivity contribution in [1.29, 1.82) is 0 Å². The molecule has 1 aromatic heterocycles. The van der Waals surface area contributed by atoms with Gasteiger partial charge in [0.2, 0.25) is 5.78 Å². The highest BCUT2D eigenvalue weighted by Crippen LogP contribution is 2.32. The van der Waals surface area contributed by atoms with Crippen LogP contribution in [0.25, 0.3) is 0 Å². The largest absolute Gasteiger partial charge is 0.478 e. The van der Waals surface area contributed by atoms with Crippen molar-refractivity contribution >= 4 is 40.8 Å². The number of carboxylic acid groups (broad SMARTS) is 1. The van der Waals surface area contributed by atoms with Gasteiger partial charge < -0.3 is 10.4 Å². The number of aromatic nitrogens is 1. The summed E-state index contributed by atoms with van der Waals surface area (Å²) in [5.74, 6) is -3.72. The minimum atomic E-state index is -1.25. The SMILES string of the molecule is O=C(c1ccc(Sc2ccc(F)c(F)c2)c(C(=O)O)c1)c1ccc(NCc2ccc(Cl)cc2)cn1. The lowest BCUT2D eigenvalue weighted by Crippen LogP contribution is -2.08. The predicted molar refractivity (Wildman–Crippen MR) is 130 cm³/mol. The van der Waals surface area contributed by atoms with E-state index in [1.165, 1.54) is 30.5 Å². The fourth-order valence-electron chi connectivity index (χ4n) is 3.18. The van der Waals surface area contributed by atoms with E-state index in [-0.39, 0.29) is 21.7 Å². The van der Waals surface area contributed by atoms with E-state index in [4.69, 9.17) is 11.6 Å². The van der Waals surface area contributed by atoms with Crippen molar-refractivity contribution in [2.24, 2.45) is 0 Å². The minimum absolute atomic E-state index is 0.133. The molecule has 3 aromatic carbocycles. The molecule has 0 amide bonds. The zero-order valence-corrected chi connectivity index (χ0v) is 19.5. The molecule has 176 valence electrons. The number of nitrogens with zero attached hydrogens (tertiary/aromatic N) is 1. The molecule has 0 saturated carbocycles. The molecule has 0 atom stereocenters. The first-order valence-corrected chi connectivity index (χ1v) is 11.5. The number of anilines is 1. The van der Waals surface area contributed by atoms with Crippen LogP contribution in [0.2, 0.25) is 5.02 Å². The second-order valence-electron chi connectivity index (χ2n) is 7.44. The summed E-state index contributed by atoms with van der Waals surface area (Å²) in [5.41, 5.74) is 1.90. The van der Waals surface area contributed by atoms with E-state index in [1.807, 2.05) is 12.1 Å². The number of benzene rings is 3. The lowest BCUT2D eigenvalue weighted by Gasteiger charge is -2.09. The fourth-order valence-corrected chi connectivity index (χ4v) is 4.25. The average molecular weight is 511 g/mol. The van der Waals surface area contributed by atoms with Gasteiger partial charge in [0.05, 0.1) is 17.4 Å². The zero-order chi connectivity index (χ0) is 24.9. The highest BCUT2D eigenvalue weighted by atomic mass is 35.5. The molecule has 5 nitrogen and oxygen atoms in total. The number of carboxylic acids is 1. The van der Waals surface area contributed by atoms with Gasteiger partial charge in [-0.25, -0.2) is 13.6 Å². The van der Waals surface area contributed by atoms with E-state index in [0.29, 0.717) is 22.2 Å². The van der Waals surface area contributed by atoms with E-state index in [1.54, 1.807) is 24.3 Å². The Labute approximate surface area is 208 Å². The second kappa shape index (κ2) is 10.7. The summed E-state index contributed by atoms with van der Waals surface area (Å²) in [4.78, 5) is 29.5. The Kier molecular flexibility index (Phi) is 7.43. The van der Waals surface area contributed by atoms with E-state index < -0.39 is 23.4 Å². The molecule has 0 bridgehead atoms. The summed E-state index contributed by atoms with van der Waals surface area (Å²) < 4.78 is 26.7. The molecule has 0 radical (unpaired) electrons. The number of halogens is 3. The van der Waals surface area contributed by atoms with Gasteiger partial charge in [0.1, 0.15) is 5.69 Å². The molecule has 9 heteroatoms. The topological polar surface area (TPSA) is 79.3 Å². The van der Waals surface area contributed by atoms with Gasteiger partial charge in [0, 0.05) is 26.9 Å². The quantitative estimate of drug-likeness (QED) is 0.257. The maximum atomic E-state index is 13.5. The van der Waals surface area contributed by atoms with Gasteiger partial charge in [0.25, 0.3) is 0 Å². The van der Waals surface area contributed by atoms with E-state index in [2.05, 4.69) is 10.3 Å². The molecule has 0 unspecified atom stereocenters. The van der Waals surface area contributed by atoms with Crippen LogP contribution in [0.3, 0.4) is 0 Å². The number of hydrogen-bond donors (Lipinski definition) is 2. The third kappa shape index (κ3) is 6.03. The number of aromatic carboxylic acids is 1. The van der Waals surface area contributed by atoms with E-state index in [9.17, 15) is 23.5 Å². The molecule has 0 aliphatic carbocycles. The summed E-state index contributed by atoms with van der Waals surface area (Å²) >= 11 is 6.85. The van der Waals surface area contributed by atoms with Crippen molar-refractivity contribution in [3.05, 3.63) is 118 Å². The monoisotopic (exact) mass is 510 g/mol. The second-order valence-corrected chi connectivity index (χ2v) is 8.99. The zero-order valence-electron chi connectivity index (χ0n) is 18.0. The summed E-state index contributed by atoms with van der Waals surface area (Å²) in [6.45, 7) is 0.547. The summed E-state index contributed by atoms with van der Waals surface area (Å²) in [7, 11) is 0. The molecule has 0 fully saturated rings. The number of carbonyl (C=O) groups is 2. The Morgan fingerprint density at radius 1 is 0.943 bits per heavy atom. The number of hydrogen-bond acceptors (Lipinski definition) is 5. The van der Waals surface area contributed by atoms with Crippen LogP contribution in [0.15, 0.2) is 88.8 Å². The van der Waals surface area contributed by atoms with Crippen molar-refractivity contribution in [3.63, 3.8) is 0 Å². The maximum absolute atomic E-state index is 13.5. The Bertz CT molecular complexity index is 1400. The van der Waals surface area contributed by atoms with Gasteiger partial charge in [-0.1, -0.05) is 35.5 Å². The minimum Gasteiger partial charge on any atom is -0.478 e. The lowest BCUT2D eigenvalue weighted by molar-refractivity contribution is 0.0693. The number of pyridine rings is 1.